The Balaban J connectivity index is 0.00000338. The van der Waals surface area contributed by atoms with Crippen LogP contribution in [-0.2, 0) is 6.42 Å². The van der Waals surface area contributed by atoms with Crippen LogP contribution < -0.4 is 10.6 Å². The van der Waals surface area contributed by atoms with Crippen LogP contribution in [-0.4, -0.2) is 49.1 Å². The van der Waals surface area contributed by atoms with Crippen LogP contribution >= 0.6 is 24.0 Å². The van der Waals surface area contributed by atoms with E-state index in [1.54, 1.807) is 0 Å². The van der Waals surface area contributed by atoms with E-state index in [0.717, 1.165) is 44.5 Å². The Morgan fingerprint density at radius 3 is 2.35 bits per heavy atom. The summed E-state index contributed by atoms with van der Waals surface area (Å²) in [4.78, 5) is 7.04. The summed E-state index contributed by atoms with van der Waals surface area (Å²) in [5.41, 5.74) is 0.627. The first-order valence-electron chi connectivity index (χ1n) is 9.21. The zero-order valence-corrected chi connectivity index (χ0v) is 18.2. The Hall–Kier alpha value is -0.960. The molecule has 1 aromatic carbocycles. The quantitative estimate of drug-likeness (QED) is 0.372. The predicted molar refractivity (Wildman–Crippen MR) is 114 cm³/mol. The van der Waals surface area contributed by atoms with Gasteiger partial charge in [-0.15, -0.1) is 24.0 Å². The highest BCUT2D eigenvalue weighted by Crippen LogP contribution is 2.13. The minimum Gasteiger partial charge on any atom is -0.357 e. The fourth-order valence-corrected chi connectivity index (χ4v) is 3.13. The molecule has 1 heterocycles. The molecular formula is C19H31F2IN4. The number of likely N-dealkylation sites (tertiary alicyclic amines) is 1. The number of piperidine rings is 1. The number of nitrogens with zero attached hydrogens (tertiary/aromatic N) is 2. The third-order valence-corrected chi connectivity index (χ3v) is 4.54. The Bertz CT molecular complexity index is 552. The van der Waals surface area contributed by atoms with Gasteiger partial charge in [-0.25, -0.2) is 8.78 Å². The third-order valence-electron chi connectivity index (χ3n) is 4.54. The first-order valence-corrected chi connectivity index (χ1v) is 9.21. The standard InChI is InChI=1S/C19H30F2N4.HI/c1-4-22-19(24-18-6-9-25(10-7-18)14(2)3)23-8-5-15-11-16(20)13-17(21)12-15;/h11-14,18H,4-10H2,1-3H3,(H2,22,23,24);1H. The summed E-state index contributed by atoms with van der Waals surface area (Å²) < 4.78 is 26.5. The van der Waals surface area contributed by atoms with E-state index in [2.05, 4.69) is 34.4 Å². The normalized spacial score (nSPS) is 16.5. The molecule has 0 saturated carbocycles. The topological polar surface area (TPSA) is 39.7 Å². The summed E-state index contributed by atoms with van der Waals surface area (Å²) in [6.07, 6.45) is 2.70. The van der Waals surface area contributed by atoms with Crippen molar-refractivity contribution >= 4 is 29.9 Å². The van der Waals surface area contributed by atoms with Gasteiger partial charge in [-0.05, 0) is 57.7 Å². The first kappa shape index (κ1) is 23.1. The molecule has 0 unspecified atom stereocenters. The first-order chi connectivity index (χ1) is 12.0. The lowest BCUT2D eigenvalue weighted by Gasteiger charge is -2.35. The number of aliphatic imine (C=N–C) groups is 1. The van der Waals surface area contributed by atoms with Crippen molar-refractivity contribution in [1.29, 1.82) is 0 Å². The number of guanidine groups is 1. The average molecular weight is 480 g/mol. The highest BCUT2D eigenvalue weighted by Gasteiger charge is 2.21. The van der Waals surface area contributed by atoms with E-state index in [4.69, 9.17) is 0 Å². The second-order valence-corrected chi connectivity index (χ2v) is 6.84. The van der Waals surface area contributed by atoms with Gasteiger partial charge in [-0.1, -0.05) is 0 Å². The molecule has 1 fully saturated rings. The number of benzene rings is 1. The van der Waals surface area contributed by atoms with Crippen LogP contribution in [0.2, 0.25) is 0 Å². The summed E-state index contributed by atoms with van der Waals surface area (Å²) in [5.74, 6) is -0.302. The van der Waals surface area contributed by atoms with Crippen molar-refractivity contribution in [1.82, 2.24) is 15.5 Å². The zero-order valence-electron chi connectivity index (χ0n) is 15.9. The Labute approximate surface area is 172 Å². The SMILES string of the molecule is CCNC(=NCCc1cc(F)cc(F)c1)NC1CCN(C(C)C)CC1.I. The number of rotatable bonds is 6. The molecule has 1 aliphatic rings. The molecule has 2 rings (SSSR count). The average Bonchev–Trinajstić information content (AvgIpc) is 2.54. The minimum atomic E-state index is -0.541. The van der Waals surface area contributed by atoms with Crippen LogP contribution in [0.25, 0.3) is 0 Å². The zero-order chi connectivity index (χ0) is 18.2. The van der Waals surface area contributed by atoms with Crippen molar-refractivity contribution < 1.29 is 8.78 Å². The van der Waals surface area contributed by atoms with Crippen LogP contribution in [0.15, 0.2) is 23.2 Å². The van der Waals surface area contributed by atoms with Gasteiger partial charge in [0.1, 0.15) is 11.6 Å². The van der Waals surface area contributed by atoms with E-state index in [0.29, 0.717) is 30.6 Å². The molecule has 26 heavy (non-hydrogen) atoms. The number of nitrogens with one attached hydrogen (secondary N) is 2. The summed E-state index contributed by atoms with van der Waals surface area (Å²) in [7, 11) is 0. The molecule has 0 spiro atoms. The molecule has 0 radical (unpaired) electrons. The van der Waals surface area contributed by atoms with Gasteiger partial charge in [0, 0.05) is 44.3 Å². The Morgan fingerprint density at radius 2 is 1.81 bits per heavy atom. The fourth-order valence-electron chi connectivity index (χ4n) is 3.13. The van der Waals surface area contributed by atoms with Gasteiger partial charge in [0.05, 0.1) is 0 Å². The lowest BCUT2D eigenvalue weighted by molar-refractivity contribution is 0.167. The van der Waals surface area contributed by atoms with E-state index in [1.807, 2.05) is 6.92 Å². The molecule has 4 nitrogen and oxygen atoms in total. The van der Waals surface area contributed by atoms with Crippen molar-refractivity contribution in [2.45, 2.75) is 52.1 Å². The van der Waals surface area contributed by atoms with E-state index in [1.165, 1.54) is 12.1 Å². The summed E-state index contributed by atoms with van der Waals surface area (Å²) in [6.45, 7) is 9.95. The van der Waals surface area contributed by atoms with Gasteiger partial charge in [-0.3, -0.25) is 4.99 Å². The van der Waals surface area contributed by atoms with E-state index in [9.17, 15) is 8.78 Å². The lowest BCUT2D eigenvalue weighted by atomic mass is 10.0. The maximum Gasteiger partial charge on any atom is 0.191 e. The minimum absolute atomic E-state index is 0. The van der Waals surface area contributed by atoms with Crippen LogP contribution in [0.4, 0.5) is 8.78 Å². The van der Waals surface area contributed by atoms with Crippen LogP contribution in [0.5, 0.6) is 0 Å². The van der Waals surface area contributed by atoms with Crippen LogP contribution in [0, 0.1) is 11.6 Å². The predicted octanol–water partition coefficient (Wildman–Crippen LogP) is 3.55. The van der Waals surface area contributed by atoms with E-state index < -0.39 is 11.6 Å². The van der Waals surface area contributed by atoms with Gasteiger partial charge in [0.15, 0.2) is 5.96 Å². The molecule has 0 aromatic heterocycles. The molecule has 0 aliphatic carbocycles. The third kappa shape index (κ3) is 7.73. The molecule has 7 heteroatoms. The molecule has 1 saturated heterocycles. The van der Waals surface area contributed by atoms with Crippen molar-refractivity contribution in [2.24, 2.45) is 4.99 Å². The Kier molecular flexibility index (Phi) is 10.4. The second-order valence-electron chi connectivity index (χ2n) is 6.84. The molecule has 0 amide bonds. The summed E-state index contributed by atoms with van der Waals surface area (Å²) >= 11 is 0. The number of hydrogen-bond acceptors (Lipinski definition) is 2. The van der Waals surface area contributed by atoms with Gasteiger partial charge in [0.25, 0.3) is 0 Å². The molecule has 148 valence electrons. The van der Waals surface area contributed by atoms with Crippen LogP contribution in [0.1, 0.15) is 39.2 Å². The summed E-state index contributed by atoms with van der Waals surface area (Å²) in [5, 5.41) is 6.74. The largest absolute Gasteiger partial charge is 0.357 e. The van der Waals surface area contributed by atoms with E-state index in [-0.39, 0.29) is 24.0 Å². The van der Waals surface area contributed by atoms with Gasteiger partial charge < -0.3 is 15.5 Å². The molecule has 0 bridgehead atoms. The maximum absolute atomic E-state index is 13.2. The Morgan fingerprint density at radius 1 is 1.19 bits per heavy atom. The number of hydrogen-bond donors (Lipinski definition) is 2. The summed E-state index contributed by atoms with van der Waals surface area (Å²) in [6, 6.07) is 4.62. The number of halogens is 3. The molecule has 1 aliphatic heterocycles. The monoisotopic (exact) mass is 480 g/mol. The highest BCUT2D eigenvalue weighted by atomic mass is 127. The van der Waals surface area contributed by atoms with Gasteiger partial charge in [-0.2, -0.15) is 0 Å². The van der Waals surface area contributed by atoms with Crippen molar-refractivity contribution in [3.8, 4) is 0 Å². The fraction of sp³-hybridized carbons (Fsp3) is 0.632. The van der Waals surface area contributed by atoms with E-state index >= 15 is 0 Å². The van der Waals surface area contributed by atoms with Gasteiger partial charge >= 0.3 is 0 Å². The highest BCUT2D eigenvalue weighted by molar-refractivity contribution is 14.0. The smallest absolute Gasteiger partial charge is 0.191 e. The second kappa shape index (κ2) is 11.7. The van der Waals surface area contributed by atoms with Crippen LogP contribution in [0.3, 0.4) is 0 Å². The molecule has 1 aromatic rings. The van der Waals surface area contributed by atoms with Crippen molar-refractivity contribution in [2.75, 3.05) is 26.2 Å². The molecule has 0 atom stereocenters. The van der Waals surface area contributed by atoms with Gasteiger partial charge in [0.2, 0.25) is 0 Å². The lowest BCUT2D eigenvalue weighted by Crippen LogP contribution is -2.49. The van der Waals surface area contributed by atoms with Crippen molar-refractivity contribution in [3.63, 3.8) is 0 Å². The molecule has 2 N–H and O–H groups in total. The van der Waals surface area contributed by atoms with Crippen molar-refractivity contribution in [3.05, 3.63) is 35.4 Å². The maximum atomic E-state index is 13.2. The molecular weight excluding hydrogens is 449 g/mol.